The normalized spacial score (nSPS) is 38.1. The van der Waals surface area contributed by atoms with E-state index in [0.717, 1.165) is 23.9 Å². The SMILES string of the molecule is CN(CC1CC1)CC1CCC2CCCCC2N1. The van der Waals surface area contributed by atoms with Gasteiger partial charge in [0.1, 0.15) is 0 Å². The Hall–Kier alpha value is -0.0800. The zero-order valence-electron chi connectivity index (χ0n) is 11.3. The van der Waals surface area contributed by atoms with Crippen molar-refractivity contribution in [3.63, 3.8) is 0 Å². The van der Waals surface area contributed by atoms with Crippen LogP contribution in [0.2, 0.25) is 0 Å². The molecule has 2 aliphatic carbocycles. The van der Waals surface area contributed by atoms with Crippen LogP contribution in [0, 0.1) is 11.8 Å². The molecule has 0 amide bonds. The van der Waals surface area contributed by atoms with Crippen molar-refractivity contribution in [2.75, 3.05) is 20.1 Å². The maximum atomic E-state index is 3.94. The molecule has 98 valence electrons. The average Bonchev–Trinajstić information content (AvgIpc) is 3.12. The van der Waals surface area contributed by atoms with Crippen LogP contribution < -0.4 is 5.32 Å². The number of piperidine rings is 1. The van der Waals surface area contributed by atoms with Gasteiger partial charge in [-0.1, -0.05) is 12.8 Å². The number of likely N-dealkylation sites (N-methyl/N-ethyl adjacent to an activating group) is 1. The van der Waals surface area contributed by atoms with Gasteiger partial charge in [0.15, 0.2) is 0 Å². The van der Waals surface area contributed by atoms with E-state index in [9.17, 15) is 0 Å². The van der Waals surface area contributed by atoms with Crippen LogP contribution in [0.5, 0.6) is 0 Å². The third kappa shape index (κ3) is 3.23. The van der Waals surface area contributed by atoms with Gasteiger partial charge >= 0.3 is 0 Å². The fraction of sp³-hybridized carbons (Fsp3) is 1.00. The van der Waals surface area contributed by atoms with Gasteiger partial charge in [-0.3, -0.25) is 0 Å². The minimum absolute atomic E-state index is 0.776. The van der Waals surface area contributed by atoms with Crippen LogP contribution in [-0.4, -0.2) is 37.1 Å². The molecule has 3 atom stereocenters. The summed E-state index contributed by atoms with van der Waals surface area (Å²) in [5, 5.41) is 3.94. The molecule has 1 aliphatic heterocycles. The van der Waals surface area contributed by atoms with Gasteiger partial charge in [0, 0.05) is 25.2 Å². The Labute approximate surface area is 106 Å². The molecule has 3 aliphatic rings. The third-order valence-corrected chi connectivity index (χ3v) is 5.04. The number of nitrogens with zero attached hydrogens (tertiary/aromatic N) is 1. The van der Waals surface area contributed by atoms with E-state index in [1.54, 1.807) is 0 Å². The Morgan fingerprint density at radius 1 is 0.941 bits per heavy atom. The standard InChI is InChI=1S/C15H28N2/c1-17(10-12-6-7-12)11-14-9-8-13-4-2-3-5-15(13)16-14/h12-16H,2-11H2,1H3. The van der Waals surface area contributed by atoms with E-state index in [1.807, 2.05) is 0 Å². The first-order chi connectivity index (χ1) is 8.31. The smallest absolute Gasteiger partial charge is 0.0197 e. The lowest BCUT2D eigenvalue weighted by Crippen LogP contribution is -2.52. The molecule has 0 spiro atoms. The summed E-state index contributed by atoms with van der Waals surface area (Å²) < 4.78 is 0. The van der Waals surface area contributed by atoms with Gasteiger partial charge in [-0.2, -0.15) is 0 Å². The van der Waals surface area contributed by atoms with Crippen LogP contribution in [0.3, 0.4) is 0 Å². The summed E-state index contributed by atoms with van der Waals surface area (Å²) in [5.41, 5.74) is 0. The quantitative estimate of drug-likeness (QED) is 0.807. The lowest BCUT2D eigenvalue weighted by Gasteiger charge is -2.41. The molecule has 1 heterocycles. The highest BCUT2D eigenvalue weighted by molar-refractivity contribution is 4.90. The largest absolute Gasteiger partial charge is 0.310 e. The molecule has 3 unspecified atom stereocenters. The van der Waals surface area contributed by atoms with Crippen LogP contribution >= 0.6 is 0 Å². The van der Waals surface area contributed by atoms with E-state index in [1.165, 1.54) is 64.5 Å². The summed E-state index contributed by atoms with van der Waals surface area (Å²) in [6.45, 7) is 2.62. The van der Waals surface area contributed by atoms with Gasteiger partial charge in [-0.15, -0.1) is 0 Å². The molecule has 1 saturated heterocycles. The molecule has 0 bridgehead atoms. The molecule has 0 radical (unpaired) electrons. The second-order valence-electron chi connectivity index (χ2n) is 6.76. The number of hydrogen-bond donors (Lipinski definition) is 1. The highest BCUT2D eigenvalue weighted by Crippen LogP contribution is 2.33. The molecule has 2 nitrogen and oxygen atoms in total. The minimum atomic E-state index is 0.776. The van der Waals surface area contributed by atoms with Crippen LogP contribution in [0.15, 0.2) is 0 Å². The summed E-state index contributed by atoms with van der Waals surface area (Å²) in [6, 6.07) is 1.63. The van der Waals surface area contributed by atoms with Crippen molar-refractivity contribution in [1.82, 2.24) is 10.2 Å². The molecule has 2 saturated carbocycles. The Morgan fingerprint density at radius 3 is 2.59 bits per heavy atom. The van der Waals surface area contributed by atoms with Crippen molar-refractivity contribution in [2.45, 2.75) is 63.5 Å². The van der Waals surface area contributed by atoms with Crippen molar-refractivity contribution in [3.8, 4) is 0 Å². The van der Waals surface area contributed by atoms with Gasteiger partial charge in [-0.05, 0) is 57.4 Å². The number of nitrogens with one attached hydrogen (secondary N) is 1. The van der Waals surface area contributed by atoms with Gasteiger partial charge in [0.25, 0.3) is 0 Å². The molecular formula is C15H28N2. The highest BCUT2D eigenvalue weighted by Gasteiger charge is 2.32. The van der Waals surface area contributed by atoms with Crippen molar-refractivity contribution in [3.05, 3.63) is 0 Å². The Bertz CT molecular complexity index is 249. The summed E-state index contributed by atoms with van der Waals surface area (Å²) >= 11 is 0. The third-order valence-electron chi connectivity index (χ3n) is 5.04. The summed E-state index contributed by atoms with van der Waals surface area (Å²) in [4.78, 5) is 2.57. The van der Waals surface area contributed by atoms with Crippen LogP contribution in [0.4, 0.5) is 0 Å². The first-order valence-electron chi connectivity index (χ1n) is 7.76. The van der Waals surface area contributed by atoms with Crippen molar-refractivity contribution >= 4 is 0 Å². The summed E-state index contributed by atoms with van der Waals surface area (Å²) in [7, 11) is 2.31. The molecule has 3 fully saturated rings. The van der Waals surface area contributed by atoms with Gasteiger partial charge in [-0.25, -0.2) is 0 Å². The molecule has 0 aromatic carbocycles. The Morgan fingerprint density at radius 2 is 1.76 bits per heavy atom. The topological polar surface area (TPSA) is 15.3 Å². The monoisotopic (exact) mass is 236 g/mol. The van der Waals surface area contributed by atoms with Crippen molar-refractivity contribution in [1.29, 1.82) is 0 Å². The van der Waals surface area contributed by atoms with E-state index in [2.05, 4.69) is 17.3 Å². The predicted octanol–water partition coefficient (Wildman–Crippen LogP) is 2.64. The first kappa shape index (κ1) is 12.0. The number of hydrogen-bond acceptors (Lipinski definition) is 2. The van der Waals surface area contributed by atoms with E-state index in [4.69, 9.17) is 0 Å². The average molecular weight is 236 g/mol. The van der Waals surface area contributed by atoms with Crippen LogP contribution in [0.25, 0.3) is 0 Å². The van der Waals surface area contributed by atoms with Crippen molar-refractivity contribution in [2.24, 2.45) is 11.8 Å². The fourth-order valence-corrected chi connectivity index (χ4v) is 3.91. The molecule has 0 aromatic heterocycles. The molecule has 3 rings (SSSR count). The lowest BCUT2D eigenvalue weighted by molar-refractivity contribution is 0.151. The zero-order chi connectivity index (χ0) is 11.7. The Kier molecular flexibility index (Phi) is 3.72. The second kappa shape index (κ2) is 5.27. The molecule has 1 N–H and O–H groups in total. The molecule has 17 heavy (non-hydrogen) atoms. The maximum Gasteiger partial charge on any atom is 0.0197 e. The van der Waals surface area contributed by atoms with E-state index < -0.39 is 0 Å². The fourth-order valence-electron chi connectivity index (χ4n) is 3.91. The van der Waals surface area contributed by atoms with Gasteiger partial charge in [0.05, 0.1) is 0 Å². The lowest BCUT2D eigenvalue weighted by atomic mass is 9.78. The summed E-state index contributed by atoms with van der Waals surface area (Å²) in [6.07, 6.45) is 11.7. The van der Waals surface area contributed by atoms with E-state index in [-0.39, 0.29) is 0 Å². The highest BCUT2D eigenvalue weighted by atomic mass is 15.1. The minimum Gasteiger partial charge on any atom is -0.310 e. The predicted molar refractivity (Wildman–Crippen MR) is 72.1 cm³/mol. The first-order valence-corrected chi connectivity index (χ1v) is 7.76. The Balaban J connectivity index is 1.44. The van der Waals surface area contributed by atoms with Gasteiger partial charge < -0.3 is 10.2 Å². The van der Waals surface area contributed by atoms with Crippen LogP contribution in [0.1, 0.15) is 51.4 Å². The second-order valence-corrected chi connectivity index (χ2v) is 6.76. The number of rotatable bonds is 4. The van der Waals surface area contributed by atoms with Gasteiger partial charge in [0.2, 0.25) is 0 Å². The maximum absolute atomic E-state index is 3.94. The van der Waals surface area contributed by atoms with Crippen LogP contribution in [-0.2, 0) is 0 Å². The molecular weight excluding hydrogens is 208 g/mol. The zero-order valence-corrected chi connectivity index (χ0v) is 11.3. The van der Waals surface area contributed by atoms with E-state index in [0.29, 0.717) is 0 Å². The van der Waals surface area contributed by atoms with Crippen molar-refractivity contribution < 1.29 is 0 Å². The van der Waals surface area contributed by atoms with E-state index >= 15 is 0 Å². The molecule has 0 aromatic rings. The molecule has 2 heteroatoms. The number of fused-ring (bicyclic) bond motifs is 1. The summed E-state index contributed by atoms with van der Waals surface area (Å²) in [5.74, 6) is 2.04.